The molecule has 0 saturated carbocycles. The number of halogens is 3. The van der Waals surface area contributed by atoms with Gasteiger partial charge in [0.1, 0.15) is 28.9 Å². The highest BCUT2D eigenvalue weighted by molar-refractivity contribution is 7.92. The van der Waals surface area contributed by atoms with Crippen LogP contribution in [0.4, 0.5) is 14.5 Å². The largest absolute Gasteiger partial charge is 0.505 e. The highest BCUT2D eigenvalue weighted by atomic mass is 35.5. The van der Waals surface area contributed by atoms with Crippen molar-refractivity contribution in [3.8, 4) is 22.6 Å². The van der Waals surface area contributed by atoms with Gasteiger partial charge >= 0.3 is 0 Å². The molecule has 0 unspecified atom stereocenters. The zero-order chi connectivity index (χ0) is 27.7. The summed E-state index contributed by atoms with van der Waals surface area (Å²) in [5.41, 5.74) is -0.491. The van der Waals surface area contributed by atoms with Crippen LogP contribution in [0.3, 0.4) is 0 Å². The van der Waals surface area contributed by atoms with Crippen LogP contribution < -0.4 is 9.46 Å². The van der Waals surface area contributed by atoms with E-state index >= 15 is 0 Å². The van der Waals surface area contributed by atoms with Crippen LogP contribution in [0.15, 0.2) is 53.4 Å². The standard InChI is InChI=1S/C27H25ClF2N2O6S/c28-20-11-17-12-25(26(20)33)39(35,36)31-23-13-19(21(29)14-22(23)30)18-3-1-2-4-24(18)38-10-7-32(27(17)34)15-16-5-8-37-9-6-16/h1-4,11-14,16,31,33H,5-10,15H2. The smallest absolute Gasteiger partial charge is 0.265 e. The van der Waals surface area contributed by atoms with Crippen molar-refractivity contribution in [1.82, 2.24) is 4.90 Å². The second kappa shape index (κ2) is 11.0. The fourth-order valence-electron chi connectivity index (χ4n) is 4.72. The summed E-state index contributed by atoms with van der Waals surface area (Å²) < 4.78 is 69.8. The molecule has 206 valence electrons. The molecular weight excluding hydrogens is 554 g/mol. The number of aromatic hydroxyl groups is 1. The van der Waals surface area contributed by atoms with Crippen molar-refractivity contribution in [2.24, 2.45) is 5.92 Å². The number of hydrogen-bond acceptors (Lipinski definition) is 6. The number of sulfonamides is 1. The van der Waals surface area contributed by atoms with E-state index in [4.69, 9.17) is 21.1 Å². The topological polar surface area (TPSA) is 105 Å². The lowest BCUT2D eigenvalue weighted by Crippen LogP contribution is -2.39. The molecule has 1 amide bonds. The summed E-state index contributed by atoms with van der Waals surface area (Å²) in [6.07, 6.45) is 1.49. The number of phenols is 1. The number of nitrogens with zero attached hydrogens (tertiary/aromatic N) is 1. The van der Waals surface area contributed by atoms with Gasteiger partial charge in [0, 0.05) is 42.5 Å². The van der Waals surface area contributed by atoms with E-state index in [1.807, 2.05) is 0 Å². The Morgan fingerprint density at radius 2 is 1.77 bits per heavy atom. The van der Waals surface area contributed by atoms with Crippen LogP contribution in [0.5, 0.6) is 11.5 Å². The number of benzene rings is 3. The average molecular weight is 579 g/mol. The minimum Gasteiger partial charge on any atom is -0.505 e. The van der Waals surface area contributed by atoms with Gasteiger partial charge in [0.15, 0.2) is 5.75 Å². The summed E-state index contributed by atoms with van der Waals surface area (Å²) in [7, 11) is -4.68. The highest BCUT2D eigenvalue weighted by Crippen LogP contribution is 2.38. The molecule has 5 rings (SSSR count). The molecule has 1 fully saturated rings. The molecule has 0 aromatic heterocycles. The summed E-state index contributed by atoms with van der Waals surface area (Å²) in [5.74, 6) is -3.02. The van der Waals surface area contributed by atoms with Crippen LogP contribution in [-0.2, 0) is 14.8 Å². The molecule has 3 aromatic rings. The van der Waals surface area contributed by atoms with Gasteiger partial charge in [0.25, 0.3) is 15.9 Å². The second-order valence-corrected chi connectivity index (χ2v) is 11.4. The SMILES string of the molecule is O=C1c2cc(Cl)c(O)c(c2)S(=O)(=O)Nc2cc(c(F)cc2F)-c2ccccc2OCCN1CC1CCOCC1. The molecule has 39 heavy (non-hydrogen) atoms. The Morgan fingerprint density at radius 1 is 1.03 bits per heavy atom. The Morgan fingerprint density at radius 3 is 2.54 bits per heavy atom. The Hall–Kier alpha value is -3.41. The molecule has 12 heteroatoms. The lowest BCUT2D eigenvalue weighted by Gasteiger charge is -2.30. The Kier molecular flexibility index (Phi) is 7.66. The number of carbonyl (C=O) groups is 1. The molecule has 2 aliphatic heterocycles. The fraction of sp³-hybridized carbons (Fsp3) is 0.296. The van der Waals surface area contributed by atoms with Crippen LogP contribution >= 0.6 is 11.6 Å². The van der Waals surface area contributed by atoms with E-state index in [0.29, 0.717) is 25.8 Å². The molecule has 1 saturated heterocycles. The number of phenolic OH excluding ortho intramolecular Hbond substituents is 1. The first-order chi connectivity index (χ1) is 18.6. The molecule has 0 radical (unpaired) electrons. The van der Waals surface area contributed by atoms with Crippen molar-refractivity contribution in [1.29, 1.82) is 0 Å². The van der Waals surface area contributed by atoms with Crippen molar-refractivity contribution in [3.63, 3.8) is 0 Å². The van der Waals surface area contributed by atoms with Crippen molar-refractivity contribution in [2.75, 3.05) is 37.6 Å². The molecular formula is C27H25ClF2N2O6S. The Labute approximate surface area is 229 Å². The lowest BCUT2D eigenvalue weighted by atomic mass is 9.99. The maximum Gasteiger partial charge on any atom is 0.265 e. The minimum absolute atomic E-state index is 0.0386. The number of para-hydroxylation sites is 1. The van der Waals surface area contributed by atoms with Gasteiger partial charge in [-0.15, -0.1) is 0 Å². The Bertz CT molecular complexity index is 1530. The van der Waals surface area contributed by atoms with Gasteiger partial charge in [-0.3, -0.25) is 9.52 Å². The molecule has 0 spiro atoms. The molecule has 3 aromatic carbocycles. The predicted octanol–water partition coefficient (Wildman–Crippen LogP) is 5.05. The third-order valence-electron chi connectivity index (χ3n) is 6.77. The number of nitrogens with one attached hydrogen (secondary N) is 1. The van der Waals surface area contributed by atoms with E-state index in [-0.39, 0.29) is 46.5 Å². The number of amides is 1. The normalized spacial score (nSPS) is 17.8. The molecule has 2 N–H and O–H groups in total. The molecule has 0 aliphatic carbocycles. The van der Waals surface area contributed by atoms with Gasteiger partial charge in [-0.2, -0.15) is 0 Å². The van der Waals surface area contributed by atoms with E-state index in [1.165, 1.54) is 11.0 Å². The monoisotopic (exact) mass is 578 g/mol. The zero-order valence-electron chi connectivity index (χ0n) is 20.6. The van der Waals surface area contributed by atoms with Crippen molar-refractivity contribution >= 4 is 33.2 Å². The number of rotatable bonds is 2. The van der Waals surface area contributed by atoms with Crippen LogP contribution in [0, 0.1) is 17.6 Å². The zero-order valence-corrected chi connectivity index (χ0v) is 22.2. The van der Waals surface area contributed by atoms with Crippen molar-refractivity contribution in [2.45, 2.75) is 17.7 Å². The van der Waals surface area contributed by atoms with E-state index in [1.54, 1.807) is 24.3 Å². The third-order valence-corrected chi connectivity index (χ3v) is 8.44. The number of ether oxygens (including phenoxy) is 2. The van der Waals surface area contributed by atoms with Gasteiger partial charge in [-0.25, -0.2) is 17.2 Å². The first kappa shape index (κ1) is 27.2. The van der Waals surface area contributed by atoms with Crippen LogP contribution in [0.25, 0.3) is 11.1 Å². The number of hydrogen-bond donors (Lipinski definition) is 2. The minimum atomic E-state index is -4.68. The maximum absolute atomic E-state index is 14.9. The average Bonchev–Trinajstić information content (AvgIpc) is 2.91. The third kappa shape index (κ3) is 5.66. The second-order valence-electron chi connectivity index (χ2n) is 9.37. The predicted molar refractivity (Wildman–Crippen MR) is 141 cm³/mol. The number of fused-ring (bicyclic) bond motifs is 6. The highest BCUT2D eigenvalue weighted by Gasteiger charge is 2.29. The van der Waals surface area contributed by atoms with Gasteiger partial charge in [-0.05, 0) is 43.0 Å². The first-order valence-corrected chi connectivity index (χ1v) is 14.1. The first-order valence-electron chi connectivity index (χ1n) is 12.3. The van der Waals surface area contributed by atoms with E-state index in [9.17, 15) is 27.1 Å². The summed E-state index contributed by atoms with van der Waals surface area (Å²) in [4.78, 5) is 14.5. The molecule has 2 aliphatic rings. The Balaban J connectivity index is 1.65. The molecule has 0 atom stereocenters. The van der Waals surface area contributed by atoms with Gasteiger partial charge in [0.2, 0.25) is 0 Å². The maximum atomic E-state index is 14.9. The van der Waals surface area contributed by atoms with Crippen LogP contribution in [0.2, 0.25) is 5.02 Å². The van der Waals surface area contributed by atoms with Gasteiger partial charge in [-0.1, -0.05) is 29.8 Å². The quantitative estimate of drug-likeness (QED) is 0.441. The fourth-order valence-corrected chi connectivity index (χ4v) is 6.19. The summed E-state index contributed by atoms with van der Waals surface area (Å²) >= 11 is 6.14. The van der Waals surface area contributed by atoms with Crippen molar-refractivity contribution in [3.05, 3.63) is 70.8 Å². The van der Waals surface area contributed by atoms with E-state index < -0.39 is 43.9 Å². The van der Waals surface area contributed by atoms with Crippen LogP contribution in [0.1, 0.15) is 23.2 Å². The number of carbonyl (C=O) groups excluding carboxylic acids is 1. The van der Waals surface area contributed by atoms with E-state index in [0.717, 1.165) is 25.0 Å². The summed E-state index contributed by atoms with van der Waals surface area (Å²) in [5, 5.41) is 10.1. The summed E-state index contributed by atoms with van der Waals surface area (Å²) in [6.45, 7) is 1.65. The van der Waals surface area contributed by atoms with Crippen molar-refractivity contribution < 1.29 is 36.6 Å². The number of anilines is 1. The molecule has 4 bridgehead atoms. The molecule has 2 heterocycles. The molecule has 8 nitrogen and oxygen atoms in total. The van der Waals surface area contributed by atoms with Gasteiger partial charge < -0.3 is 19.5 Å². The lowest BCUT2D eigenvalue weighted by molar-refractivity contribution is 0.0437. The van der Waals surface area contributed by atoms with E-state index in [2.05, 4.69) is 4.72 Å². The van der Waals surface area contributed by atoms with Crippen LogP contribution in [-0.4, -0.2) is 57.2 Å². The summed E-state index contributed by atoms with van der Waals surface area (Å²) in [6, 6.07) is 10.2. The van der Waals surface area contributed by atoms with Gasteiger partial charge in [0.05, 0.1) is 17.3 Å².